The van der Waals surface area contributed by atoms with Crippen molar-refractivity contribution in [3.8, 4) is 16.3 Å². The highest BCUT2D eigenvalue weighted by atomic mass is 35.5. The maximum Gasteiger partial charge on any atom is 0.266 e. The molecule has 2 aromatic carbocycles. The second-order valence-corrected chi connectivity index (χ2v) is 6.90. The summed E-state index contributed by atoms with van der Waals surface area (Å²) in [5.74, 6) is 0.367. The lowest BCUT2D eigenvalue weighted by Crippen LogP contribution is -2.30. The molecule has 0 aliphatic carbocycles. The second kappa shape index (κ2) is 7.63. The minimum Gasteiger partial charge on any atom is -0.481 e. The standard InChI is InChI=1S/C18H16ClN3O2S/c1-11-3-9-15(10-4-11)24-12(2)16(23)20-18-22-21-17(25-18)13-5-7-14(19)8-6-13/h3-10,12H,1-2H3,(H,20,22,23)/t12-/m0/s1. The molecule has 0 unspecified atom stereocenters. The first-order valence-electron chi connectivity index (χ1n) is 7.65. The third-order valence-electron chi connectivity index (χ3n) is 3.45. The number of carbonyl (C=O) groups is 1. The quantitative estimate of drug-likeness (QED) is 0.711. The van der Waals surface area contributed by atoms with Gasteiger partial charge in [0.25, 0.3) is 5.91 Å². The molecule has 3 aromatic rings. The van der Waals surface area contributed by atoms with Crippen LogP contribution in [-0.4, -0.2) is 22.2 Å². The Hall–Kier alpha value is -2.44. The zero-order valence-corrected chi connectivity index (χ0v) is 15.3. The number of halogens is 1. The third kappa shape index (κ3) is 4.55. The van der Waals surface area contributed by atoms with Crippen LogP contribution in [0, 0.1) is 6.92 Å². The van der Waals surface area contributed by atoms with Crippen molar-refractivity contribution in [2.75, 3.05) is 5.32 Å². The average Bonchev–Trinajstić information content (AvgIpc) is 3.06. The SMILES string of the molecule is Cc1ccc(O[C@@H](C)C(=O)Nc2nnc(-c3ccc(Cl)cc3)s2)cc1. The Morgan fingerprint density at radius 2 is 1.80 bits per heavy atom. The Balaban J connectivity index is 1.62. The lowest BCUT2D eigenvalue weighted by atomic mass is 10.2. The Morgan fingerprint density at radius 3 is 2.48 bits per heavy atom. The summed E-state index contributed by atoms with van der Waals surface area (Å²) >= 11 is 7.17. The van der Waals surface area contributed by atoms with Gasteiger partial charge < -0.3 is 4.74 Å². The molecule has 1 amide bonds. The Kier molecular flexibility index (Phi) is 5.31. The van der Waals surface area contributed by atoms with Crippen molar-refractivity contribution in [3.63, 3.8) is 0 Å². The average molecular weight is 374 g/mol. The maximum absolute atomic E-state index is 12.3. The number of hydrogen-bond acceptors (Lipinski definition) is 5. The molecule has 1 atom stereocenters. The minimum absolute atomic E-state index is 0.278. The lowest BCUT2D eigenvalue weighted by molar-refractivity contribution is -0.122. The van der Waals surface area contributed by atoms with Crippen molar-refractivity contribution in [3.05, 3.63) is 59.1 Å². The molecular formula is C18H16ClN3O2S. The van der Waals surface area contributed by atoms with Crippen LogP contribution in [0.4, 0.5) is 5.13 Å². The van der Waals surface area contributed by atoms with Crippen molar-refractivity contribution in [2.24, 2.45) is 0 Å². The molecule has 0 saturated heterocycles. The van der Waals surface area contributed by atoms with Crippen LogP contribution in [0.5, 0.6) is 5.75 Å². The summed E-state index contributed by atoms with van der Waals surface area (Å²) in [6.07, 6.45) is -0.648. The first-order chi connectivity index (χ1) is 12.0. The van der Waals surface area contributed by atoms with Gasteiger partial charge in [-0.15, -0.1) is 10.2 Å². The van der Waals surface area contributed by atoms with Gasteiger partial charge in [-0.1, -0.05) is 52.8 Å². The van der Waals surface area contributed by atoms with E-state index in [0.717, 1.165) is 11.1 Å². The summed E-state index contributed by atoms with van der Waals surface area (Å²) in [6.45, 7) is 3.68. The number of rotatable bonds is 5. The molecule has 0 bridgehead atoms. The fourth-order valence-corrected chi connectivity index (χ4v) is 2.94. The van der Waals surface area contributed by atoms with E-state index in [-0.39, 0.29) is 5.91 Å². The molecule has 0 radical (unpaired) electrons. The fraction of sp³-hybridized carbons (Fsp3) is 0.167. The molecule has 7 heteroatoms. The fourth-order valence-electron chi connectivity index (χ4n) is 2.06. The first kappa shape index (κ1) is 17.4. The molecule has 1 N–H and O–H groups in total. The van der Waals surface area contributed by atoms with Crippen LogP contribution >= 0.6 is 22.9 Å². The molecule has 128 valence electrons. The summed E-state index contributed by atoms with van der Waals surface area (Å²) in [7, 11) is 0. The monoisotopic (exact) mass is 373 g/mol. The van der Waals surface area contributed by atoms with Gasteiger partial charge in [-0.25, -0.2) is 0 Å². The van der Waals surface area contributed by atoms with Crippen LogP contribution in [0.1, 0.15) is 12.5 Å². The number of carbonyl (C=O) groups excluding carboxylic acids is 1. The highest BCUT2D eigenvalue weighted by Crippen LogP contribution is 2.27. The number of nitrogens with zero attached hydrogens (tertiary/aromatic N) is 2. The normalized spacial score (nSPS) is 11.8. The third-order valence-corrected chi connectivity index (χ3v) is 4.59. The molecule has 5 nitrogen and oxygen atoms in total. The number of hydrogen-bond donors (Lipinski definition) is 1. The Labute approximate surface area is 154 Å². The summed E-state index contributed by atoms with van der Waals surface area (Å²) in [5, 5.41) is 12.6. The van der Waals surface area contributed by atoms with Crippen LogP contribution in [0.2, 0.25) is 5.02 Å². The number of aryl methyl sites for hydroxylation is 1. The van der Waals surface area contributed by atoms with Gasteiger partial charge in [-0.3, -0.25) is 10.1 Å². The number of benzene rings is 2. The Morgan fingerprint density at radius 1 is 1.12 bits per heavy atom. The predicted octanol–water partition coefficient (Wildman–Crippen LogP) is 4.57. The second-order valence-electron chi connectivity index (χ2n) is 5.48. The van der Waals surface area contributed by atoms with E-state index in [1.807, 2.05) is 43.3 Å². The lowest BCUT2D eigenvalue weighted by Gasteiger charge is -2.13. The van der Waals surface area contributed by atoms with Crippen LogP contribution < -0.4 is 10.1 Å². The molecule has 3 rings (SSSR count). The van der Waals surface area contributed by atoms with Gasteiger partial charge in [0.1, 0.15) is 10.8 Å². The predicted molar refractivity (Wildman–Crippen MR) is 100 cm³/mol. The van der Waals surface area contributed by atoms with Gasteiger partial charge in [0, 0.05) is 10.6 Å². The van der Waals surface area contributed by atoms with Gasteiger partial charge >= 0.3 is 0 Å². The number of amides is 1. The number of aromatic nitrogens is 2. The van der Waals surface area contributed by atoms with E-state index in [4.69, 9.17) is 16.3 Å². The van der Waals surface area contributed by atoms with Crippen molar-refractivity contribution in [1.29, 1.82) is 0 Å². The van der Waals surface area contributed by atoms with Gasteiger partial charge in [0.15, 0.2) is 6.10 Å². The van der Waals surface area contributed by atoms with E-state index in [2.05, 4.69) is 15.5 Å². The molecule has 0 saturated carbocycles. The van der Waals surface area contributed by atoms with Crippen LogP contribution in [-0.2, 0) is 4.79 Å². The zero-order chi connectivity index (χ0) is 17.8. The van der Waals surface area contributed by atoms with E-state index in [0.29, 0.717) is 20.9 Å². The maximum atomic E-state index is 12.3. The van der Waals surface area contributed by atoms with E-state index < -0.39 is 6.10 Å². The molecule has 1 aromatic heterocycles. The van der Waals surface area contributed by atoms with Crippen molar-refractivity contribution in [1.82, 2.24) is 10.2 Å². The van der Waals surface area contributed by atoms with Gasteiger partial charge in [-0.05, 0) is 38.1 Å². The molecule has 0 aliphatic rings. The summed E-state index contributed by atoms with van der Waals surface area (Å²) < 4.78 is 5.64. The molecular weight excluding hydrogens is 358 g/mol. The topological polar surface area (TPSA) is 64.1 Å². The van der Waals surface area contributed by atoms with Crippen LogP contribution in [0.25, 0.3) is 10.6 Å². The largest absolute Gasteiger partial charge is 0.481 e. The smallest absolute Gasteiger partial charge is 0.266 e. The van der Waals surface area contributed by atoms with E-state index >= 15 is 0 Å². The van der Waals surface area contributed by atoms with Crippen molar-refractivity contribution in [2.45, 2.75) is 20.0 Å². The molecule has 1 heterocycles. The number of ether oxygens (including phenoxy) is 1. The number of anilines is 1. The summed E-state index contributed by atoms with van der Waals surface area (Å²) in [4.78, 5) is 12.3. The highest BCUT2D eigenvalue weighted by molar-refractivity contribution is 7.18. The van der Waals surface area contributed by atoms with Gasteiger partial charge in [-0.2, -0.15) is 0 Å². The first-order valence-corrected chi connectivity index (χ1v) is 8.84. The molecule has 0 fully saturated rings. The molecule has 0 aliphatic heterocycles. The molecule has 25 heavy (non-hydrogen) atoms. The zero-order valence-electron chi connectivity index (χ0n) is 13.7. The van der Waals surface area contributed by atoms with Crippen LogP contribution in [0.15, 0.2) is 48.5 Å². The molecule has 0 spiro atoms. The van der Waals surface area contributed by atoms with Gasteiger partial charge in [0.05, 0.1) is 0 Å². The minimum atomic E-state index is -0.648. The Bertz CT molecular complexity index is 863. The van der Waals surface area contributed by atoms with E-state index in [9.17, 15) is 4.79 Å². The van der Waals surface area contributed by atoms with Crippen LogP contribution in [0.3, 0.4) is 0 Å². The highest BCUT2D eigenvalue weighted by Gasteiger charge is 2.17. The summed E-state index contributed by atoms with van der Waals surface area (Å²) in [6, 6.07) is 14.8. The van der Waals surface area contributed by atoms with Crippen molar-refractivity contribution < 1.29 is 9.53 Å². The number of nitrogens with one attached hydrogen (secondary N) is 1. The summed E-state index contributed by atoms with van der Waals surface area (Å²) in [5.41, 5.74) is 2.03. The van der Waals surface area contributed by atoms with E-state index in [1.54, 1.807) is 19.1 Å². The van der Waals surface area contributed by atoms with Crippen molar-refractivity contribution >= 4 is 34.0 Å². The van der Waals surface area contributed by atoms with E-state index in [1.165, 1.54) is 11.3 Å². The van der Waals surface area contributed by atoms with Gasteiger partial charge in [0.2, 0.25) is 5.13 Å².